The van der Waals surface area contributed by atoms with Crippen LogP contribution < -0.4 is 14.8 Å². The van der Waals surface area contributed by atoms with Crippen molar-refractivity contribution in [1.29, 1.82) is 0 Å². The second kappa shape index (κ2) is 6.78. The highest BCUT2D eigenvalue weighted by Gasteiger charge is 2.21. The van der Waals surface area contributed by atoms with Crippen LogP contribution in [0.25, 0.3) is 0 Å². The SMILES string of the molecule is COCC(C)Oc1ccc(OC)cc1CNC1CC1. The zero-order valence-electron chi connectivity index (χ0n) is 11.9. The van der Waals surface area contributed by atoms with E-state index >= 15 is 0 Å². The summed E-state index contributed by atoms with van der Waals surface area (Å²) in [6.07, 6.45) is 2.60. The van der Waals surface area contributed by atoms with Gasteiger partial charge in [0.25, 0.3) is 0 Å². The number of ether oxygens (including phenoxy) is 3. The number of benzene rings is 1. The summed E-state index contributed by atoms with van der Waals surface area (Å²) in [4.78, 5) is 0. The third-order valence-electron chi connectivity index (χ3n) is 3.16. The molecule has 1 saturated carbocycles. The third kappa shape index (κ3) is 4.40. The Morgan fingerprint density at radius 1 is 1.32 bits per heavy atom. The number of hydrogen-bond donors (Lipinski definition) is 1. The number of methoxy groups -OCH3 is 2. The molecule has 0 radical (unpaired) electrons. The molecule has 4 nitrogen and oxygen atoms in total. The van der Waals surface area contributed by atoms with Gasteiger partial charge in [-0.15, -0.1) is 0 Å². The fraction of sp³-hybridized carbons (Fsp3) is 0.600. The Kier molecular flexibility index (Phi) is 5.05. The van der Waals surface area contributed by atoms with Crippen molar-refractivity contribution in [3.8, 4) is 11.5 Å². The predicted molar refractivity (Wildman–Crippen MR) is 74.8 cm³/mol. The summed E-state index contributed by atoms with van der Waals surface area (Å²) in [6, 6.07) is 6.60. The van der Waals surface area contributed by atoms with Gasteiger partial charge in [-0.3, -0.25) is 0 Å². The minimum absolute atomic E-state index is 0.0399. The smallest absolute Gasteiger partial charge is 0.124 e. The molecule has 1 aliphatic carbocycles. The Morgan fingerprint density at radius 3 is 2.74 bits per heavy atom. The van der Waals surface area contributed by atoms with E-state index in [9.17, 15) is 0 Å². The van der Waals surface area contributed by atoms with Crippen molar-refractivity contribution in [2.45, 2.75) is 38.5 Å². The molecular weight excluding hydrogens is 242 g/mol. The number of hydrogen-bond acceptors (Lipinski definition) is 4. The van der Waals surface area contributed by atoms with E-state index in [0.717, 1.165) is 23.6 Å². The lowest BCUT2D eigenvalue weighted by atomic mass is 10.2. The average molecular weight is 265 g/mol. The van der Waals surface area contributed by atoms with Crippen molar-refractivity contribution in [1.82, 2.24) is 5.32 Å². The van der Waals surface area contributed by atoms with Gasteiger partial charge in [-0.05, 0) is 38.0 Å². The first-order valence-electron chi connectivity index (χ1n) is 6.79. The average Bonchev–Trinajstić information content (AvgIpc) is 3.22. The molecule has 1 unspecified atom stereocenters. The van der Waals surface area contributed by atoms with Gasteiger partial charge in [-0.25, -0.2) is 0 Å². The molecule has 0 aromatic heterocycles. The van der Waals surface area contributed by atoms with Crippen molar-refractivity contribution >= 4 is 0 Å². The quantitative estimate of drug-likeness (QED) is 0.783. The lowest BCUT2D eigenvalue weighted by Crippen LogP contribution is -2.21. The molecule has 1 fully saturated rings. The van der Waals surface area contributed by atoms with Crippen LogP contribution in [0.5, 0.6) is 11.5 Å². The molecule has 0 aliphatic heterocycles. The summed E-state index contributed by atoms with van der Waals surface area (Å²) in [5, 5.41) is 3.50. The van der Waals surface area contributed by atoms with Crippen molar-refractivity contribution in [3.05, 3.63) is 23.8 Å². The largest absolute Gasteiger partial charge is 0.497 e. The van der Waals surface area contributed by atoms with Crippen molar-refractivity contribution in [2.75, 3.05) is 20.8 Å². The van der Waals surface area contributed by atoms with Crippen molar-refractivity contribution in [3.63, 3.8) is 0 Å². The van der Waals surface area contributed by atoms with Crippen molar-refractivity contribution in [2.24, 2.45) is 0 Å². The van der Waals surface area contributed by atoms with E-state index in [1.807, 2.05) is 25.1 Å². The first-order chi connectivity index (χ1) is 9.22. The van der Waals surface area contributed by atoms with E-state index in [4.69, 9.17) is 14.2 Å². The predicted octanol–water partition coefficient (Wildman–Crippen LogP) is 2.36. The van der Waals surface area contributed by atoms with Gasteiger partial charge in [0.05, 0.1) is 13.7 Å². The zero-order valence-corrected chi connectivity index (χ0v) is 11.9. The van der Waals surface area contributed by atoms with Crippen LogP contribution in [0.4, 0.5) is 0 Å². The Morgan fingerprint density at radius 2 is 2.11 bits per heavy atom. The molecular formula is C15H23NO3. The van der Waals surface area contributed by atoms with Crippen LogP contribution in [0, 0.1) is 0 Å². The third-order valence-corrected chi connectivity index (χ3v) is 3.16. The summed E-state index contributed by atoms with van der Waals surface area (Å²) < 4.78 is 16.3. The second-order valence-corrected chi connectivity index (χ2v) is 5.01. The molecule has 4 heteroatoms. The molecule has 0 heterocycles. The monoisotopic (exact) mass is 265 g/mol. The maximum Gasteiger partial charge on any atom is 0.124 e. The van der Waals surface area contributed by atoms with Crippen LogP contribution in [-0.4, -0.2) is 33.0 Å². The maximum atomic E-state index is 5.92. The van der Waals surface area contributed by atoms with Gasteiger partial charge in [-0.2, -0.15) is 0 Å². The zero-order chi connectivity index (χ0) is 13.7. The van der Waals surface area contributed by atoms with Crippen LogP contribution in [-0.2, 0) is 11.3 Å². The van der Waals surface area contributed by atoms with Crippen LogP contribution in [0.15, 0.2) is 18.2 Å². The Balaban J connectivity index is 2.05. The van der Waals surface area contributed by atoms with E-state index in [0.29, 0.717) is 12.6 Å². The Bertz CT molecular complexity index is 404. The molecule has 0 spiro atoms. The number of nitrogens with one attached hydrogen (secondary N) is 1. The van der Waals surface area contributed by atoms with Gasteiger partial charge in [-0.1, -0.05) is 0 Å². The number of rotatable bonds is 8. The highest BCUT2D eigenvalue weighted by Crippen LogP contribution is 2.27. The Hall–Kier alpha value is -1.26. The standard InChI is InChI=1S/C15H23NO3/c1-11(10-17-2)19-15-7-6-14(18-3)8-12(15)9-16-13-4-5-13/h6-8,11,13,16H,4-5,9-10H2,1-3H3. The van der Waals surface area contributed by atoms with E-state index in [2.05, 4.69) is 5.32 Å². The molecule has 0 amide bonds. The van der Waals surface area contributed by atoms with Gasteiger partial charge < -0.3 is 19.5 Å². The van der Waals surface area contributed by atoms with Gasteiger partial charge in [0.2, 0.25) is 0 Å². The summed E-state index contributed by atoms with van der Waals surface area (Å²) in [5.41, 5.74) is 1.13. The molecule has 1 aliphatic rings. The van der Waals surface area contributed by atoms with Crippen LogP contribution in [0.3, 0.4) is 0 Å². The fourth-order valence-electron chi connectivity index (χ4n) is 1.96. The summed E-state index contributed by atoms with van der Waals surface area (Å²) in [5.74, 6) is 1.76. The molecule has 2 rings (SSSR count). The molecule has 106 valence electrons. The summed E-state index contributed by atoms with van der Waals surface area (Å²) in [6.45, 7) is 3.41. The maximum absolute atomic E-state index is 5.92. The van der Waals surface area contributed by atoms with Crippen LogP contribution >= 0.6 is 0 Å². The van der Waals surface area contributed by atoms with E-state index in [1.165, 1.54) is 12.8 Å². The molecule has 1 N–H and O–H groups in total. The van der Waals surface area contributed by atoms with Crippen LogP contribution in [0.1, 0.15) is 25.3 Å². The summed E-state index contributed by atoms with van der Waals surface area (Å²) in [7, 11) is 3.37. The van der Waals surface area contributed by atoms with E-state index in [-0.39, 0.29) is 6.10 Å². The topological polar surface area (TPSA) is 39.7 Å². The van der Waals surface area contributed by atoms with Gasteiger partial charge in [0.15, 0.2) is 0 Å². The lowest BCUT2D eigenvalue weighted by molar-refractivity contribution is 0.0913. The minimum Gasteiger partial charge on any atom is -0.497 e. The summed E-state index contributed by atoms with van der Waals surface area (Å²) >= 11 is 0. The second-order valence-electron chi connectivity index (χ2n) is 5.01. The van der Waals surface area contributed by atoms with Gasteiger partial charge >= 0.3 is 0 Å². The first-order valence-corrected chi connectivity index (χ1v) is 6.79. The highest BCUT2D eigenvalue weighted by atomic mass is 16.5. The molecule has 19 heavy (non-hydrogen) atoms. The fourth-order valence-corrected chi connectivity index (χ4v) is 1.96. The molecule has 1 atom stereocenters. The van der Waals surface area contributed by atoms with Gasteiger partial charge in [0, 0.05) is 25.3 Å². The van der Waals surface area contributed by atoms with Crippen LogP contribution in [0.2, 0.25) is 0 Å². The van der Waals surface area contributed by atoms with Gasteiger partial charge in [0.1, 0.15) is 17.6 Å². The molecule has 1 aromatic rings. The minimum atomic E-state index is 0.0399. The van der Waals surface area contributed by atoms with E-state index in [1.54, 1.807) is 14.2 Å². The molecule has 0 bridgehead atoms. The normalized spacial score (nSPS) is 16.2. The molecule has 0 saturated heterocycles. The molecule has 1 aromatic carbocycles. The Labute approximate surface area is 115 Å². The lowest BCUT2D eigenvalue weighted by Gasteiger charge is -2.18. The van der Waals surface area contributed by atoms with E-state index < -0.39 is 0 Å². The first kappa shape index (κ1) is 14.2. The highest BCUT2D eigenvalue weighted by molar-refractivity contribution is 5.40. The van der Waals surface area contributed by atoms with Crippen molar-refractivity contribution < 1.29 is 14.2 Å².